The summed E-state index contributed by atoms with van der Waals surface area (Å²) in [6.07, 6.45) is 0. The molecule has 2 heterocycles. The molecule has 176 valence electrons. The van der Waals surface area contributed by atoms with Gasteiger partial charge in [0.05, 0.1) is 22.2 Å². The van der Waals surface area contributed by atoms with Gasteiger partial charge in [-0.15, -0.1) is 0 Å². The number of fused-ring (bicyclic) bond motifs is 4. The summed E-state index contributed by atoms with van der Waals surface area (Å²) < 4.78 is 4.28. The summed E-state index contributed by atoms with van der Waals surface area (Å²) in [5, 5.41) is 3.45. The van der Waals surface area contributed by atoms with Crippen molar-refractivity contribution in [3.8, 4) is 28.3 Å². The van der Waals surface area contributed by atoms with E-state index in [9.17, 15) is 0 Å². The van der Waals surface area contributed by atoms with E-state index in [2.05, 4.69) is 140 Å². The Balaban J connectivity index is 1.41. The molecule has 0 saturated heterocycles. The molecule has 5 heteroatoms. The number of benzene rings is 5. The summed E-state index contributed by atoms with van der Waals surface area (Å²) in [6.45, 7) is 0. The molecule has 0 N–H and O–H groups in total. The van der Waals surface area contributed by atoms with E-state index >= 15 is 0 Å². The van der Waals surface area contributed by atoms with Crippen LogP contribution in [0.4, 0.5) is 0 Å². The highest BCUT2D eigenvalue weighted by Gasteiger charge is 2.16. The van der Waals surface area contributed by atoms with Crippen molar-refractivity contribution in [3.63, 3.8) is 0 Å². The van der Waals surface area contributed by atoms with E-state index in [0.717, 1.165) is 64.6 Å². The summed E-state index contributed by atoms with van der Waals surface area (Å²) in [6, 6.07) is 39.9. The number of hydrogen-bond acceptors (Lipinski definition) is 2. The molecule has 0 aliphatic carbocycles. The van der Waals surface area contributed by atoms with Gasteiger partial charge in [-0.3, -0.25) is 4.57 Å². The third kappa shape index (κ3) is 3.86. The second-order valence-electron chi connectivity index (χ2n) is 8.98. The number of imidazole rings is 1. The predicted molar refractivity (Wildman–Crippen MR) is 160 cm³/mol. The molecule has 0 aliphatic rings. The van der Waals surface area contributed by atoms with Gasteiger partial charge in [-0.05, 0) is 53.9 Å². The molecule has 5 aromatic carbocycles. The van der Waals surface area contributed by atoms with Gasteiger partial charge in [0.2, 0.25) is 0 Å². The van der Waals surface area contributed by atoms with E-state index in [1.807, 2.05) is 12.1 Å². The van der Waals surface area contributed by atoms with E-state index in [1.54, 1.807) is 0 Å². The molecule has 0 radical (unpaired) electrons. The highest BCUT2D eigenvalue weighted by atomic mass is 79.9. The minimum atomic E-state index is 0.918. The van der Waals surface area contributed by atoms with Gasteiger partial charge < -0.3 is 0 Å². The van der Waals surface area contributed by atoms with Crippen LogP contribution < -0.4 is 0 Å². The molecule has 7 aromatic rings. The maximum atomic E-state index is 5.11. The molecule has 0 bridgehead atoms. The molecule has 3 nitrogen and oxygen atoms in total. The van der Waals surface area contributed by atoms with E-state index in [4.69, 9.17) is 9.97 Å². The van der Waals surface area contributed by atoms with Crippen molar-refractivity contribution in [2.24, 2.45) is 0 Å². The van der Waals surface area contributed by atoms with Crippen molar-refractivity contribution in [3.05, 3.63) is 124 Å². The first-order valence-electron chi connectivity index (χ1n) is 12.0. The van der Waals surface area contributed by atoms with Crippen LogP contribution in [0.15, 0.2) is 124 Å². The van der Waals surface area contributed by atoms with Crippen LogP contribution in [0.2, 0.25) is 0 Å². The van der Waals surface area contributed by atoms with Crippen molar-refractivity contribution >= 4 is 64.6 Å². The molecule has 0 unspecified atom stereocenters. The summed E-state index contributed by atoms with van der Waals surface area (Å²) in [5.74, 6) is 0.918. The molecule has 0 spiro atoms. The molecule has 37 heavy (non-hydrogen) atoms. The third-order valence-electron chi connectivity index (χ3n) is 6.71. The molecule has 2 aromatic heterocycles. The number of rotatable bonds is 3. The van der Waals surface area contributed by atoms with E-state index in [0.29, 0.717) is 0 Å². The lowest BCUT2D eigenvalue weighted by molar-refractivity contribution is 1.10. The first-order chi connectivity index (χ1) is 18.2. The van der Waals surface area contributed by atoms with Gasteiger partial charge in [0.15, 0.2) is 0 Å². The van der Waals surface area contributed by atoms with Gasteiger partial charge in [-0.2, -0.15) is 0 Å². The van der Waals surface area contributed by atoms with Gasteiger partial charge in [-0.25, -0.2) is 9.97 Å². The van der Waals surface area contributed by atoms with Crippen molar-refractivity contribution in [1.29, 1.82) is 0 Å². The lowest BCUT2D eigenvalue weighted by Gasteiger charge is -2.12. The maximum absolute atomic E-state index is 5.11. The van der Waals surface area contributed by atoms with E-state index < -0.39 is 0 Å². The number of halogens is 2. The number of hydrogen-bond donors (Lipinski definition) is 0. The fourth-order valence-electron chi connectivity index (χ4n) is 5.01. The lowest BCUT2D eigenvalue weighted by Crippen LogP contribution is -1.97. The quantitative estimate of drug-likeness (QED) is 0.188. The Kier molecular flexibility index (Phi) is 5.41. The zero-order chi connectivity index (χ0) is 24.9. The minimum Gasteiger partial charge on any atom is -0.292 e. The van der Waals surface area contributed by atoms with Gasteiger partial charge in [0, 0.05) is 36.5 Å². The van der Waals surface area contributed by atoms with Crippen LogP contribution in [0.1, 0.15) is 0 Å². The smallest absolute Gasteiger partial charge is 0.145 e. The standard InChI is InChI=1S/C32H19Br2N3/c33-22-14-16-25-26-17-15-23(34)19-29(26)35-31(27(25)18-22)20-10-12-21(13-11-20)32-36-28-8-4-5-9-30(28)37(32)24-6-2-1-3-7-24/h1-19H. The van der Waals surface area contributed by atoms with Crippen molar-refractivity contribution in [2.75, 3.05) is 0 Å². The Morgan fingerprint density at radius 1 is 0.514 bits per heavy atom. The van der Waals surface area contributed by atoms with Crippen LogP contribution in [0.5, 0.6) is 0 Å². The van der Waals surface area contributed by atoms with Gasteiger partial charge in [0.1, 0.15) is 5.82 Å². The first kappa shape index (κ1) is 22.4. The molecular weight excluding hydrogens is 586 g/mol. The summed E-state index contributed by atoms with van der Waals surface area (Å²) >= 11 is 7.27. The third-order valence-corrected chi connectivity index (χ3v) is 7.70. The Labute approximate surface area is 230 Å². The van der Waals surface area contributed by atoms with Gasteiger partial charge in [0.25, 0.3) is 0 Å². The Hall–Kier alpha value is -3.80. The topological polar surface area (TPSA) is 30.7 Å². The van der Waals surface area contributed by atoms with Gasteiger partial charge >= 0.3 is 0 Å². The van der Waals surface area contributed by atoms with Crippen molar-refractivity contribution < 1.29 is 0 Å². The monoisotopic (exact) mass is 603 g/mol. The first-order valence-corrected chi connectivity index (χ1v) is 13.6. The zero-order valence-electron chi connectivity index (χ0n) is 19.6. The summed E-state index contributed by atoms with van der Waals surface area (Å²) in [4.78, 5) is 10.1. The summed E-state index contributed by atoms with van der Waals surface area (Å²) in [7, 11) is 0. The van der Waals surface area contributed by atoms with Crippen LogP contribution in [-0.2, 0) is 0 Å². The Bertz CT molecular complexity index is 1940. The van der Waals surface area contributed by atoms with E-state index in [1.165, 1.54) is 5.39 Å². The number of para-hydroxylation sites is 3. The van der Waals surface area contributed by atoms with Crippen LogP contribution in [0, 0.1) is 0 Å². The fourth-order valence-corrected chi connectivity index (χ4v) is 5.72. The molecule has 0 aliphatic heterocycles. The maximum Gasteiger partial charge on any atom is 0.145 e. The van der Waals surface area contributed by atoms with Gasteiger partial charge in [-0.1, -0.05) is 98.6 Å². The molecule has 7 rings (SSSR count). The van der Waals surface area contributed by atoms with Crippen LogP contribution in [-0.4, -0.2) is 14.5 Å². The van der Waals surface area contributed by atoms with Crippen LogP contribution >= 0.6 is 31.9 Å². The molecule has 0 saturated carbocycles. The second kappa shape index (κ2) is 8.94. The molecular formula is C32H19Br2N3. The van der Waals surface area contributed by atoms with Crippen molar-refractivity contribution in [1.82, 2.24) is 14.5 Å². The van der Waals surface area contributed by atoms with Crippen LogP contribution in [0.3, 0.4) is 0 Å². The minimum absolute atomic E-state index is 0.918. The predicted octanol–water partition coefficient (Wildman–Crippen LogP) is 9.59. The SMILES string of the molecule is Brc1ccc2c(c1)nc(-c1ccc(-c3nc4ccccc4n3-c3ccccc3)cc1)c1cc(Br)ccc12. The normalized spacial score (nSPS) is 11.5. The Morgan fingerprint density at radius 3 is 2.00 bits per heavy atom. The number of aromatic nitrogens is 3. The fraction of sp³-hybridized carbons (Fsp3) is 0. The average Bonchev–Trinajstić information content (AvgIpc) is 3.32. The Morgan fingerprint density at radius 2 is 1.19 bits per heavy atom. The molecule has 0 amide bonds. The highest BCUT2D eigenvalue weighted by Crippen LogP contribution is 2.36. The largest absolute Gasteiger partial charge is 0.292 e. The second-order valence-corrected chi connectivity index (χ2v) is 10.8. The lowest BCUT2D eigenvalue weighted by atomic mass is 9.99. The van der Waals surface area contributed by atoms with Crippen molar-refractivity contribution in [2.45, 2.75) is 0 Å². The number of pyridine rings is 1. The molecule has 0 fully saturated rings. The average molecular weight is 605 g/mol. The van der Waals surface area contributed by atoms with E-state index in [-0.39, 0.29) is 0 Å². The highest BCUT2D eigenvalue weighted by molar-refractivity contribution is 9.10. The zero-order valence-corrected chi connectivity index (χ0v) is 22.7. The summed E-state index contributed by atoms with van der Waals surface area (Å²) in [5.41, 5.74) is 7.20. The molecule has 0 atom stereocenters. The number of nitrogens with zero attached hydrogens (tertiary/aromatic N) is 3. The van der Waals surface area contributed by atoms with Crippen LogP contribution in [0.25, 0.3) is 61.0 Å².